The normalized spacial score (nSPS) is 9.78. The quantitative estimate of drug-likeness (QED) is 0.315. The number of allylic oxidation sites excluding steroid dienone is 2. The molecule has 4 rings (SSSR count). The molecular formula is C27H16N4S. The minimum atomic E-state index is -0.181. The molecule has 0 atom stereocenters. The first kappa shape index (κ1) is 20.6. The van der Waals surface area contributed by atoms with Gasteiger partial charge in [0.05, 0.1) is 5.57 Å². The van der Waals surface area contributed by atoms with Gasteiger partial charge in [0, 0.05) is 16.3 Å². The number of anilines is 3. The zero-order chi connectivity index (χ0) is 22.3. The molecule has 0 fully saturated rings. The van der Waals surface area contributed by atoms with Gasteiger partial charge in [0.15, 0.2) is 0 Å². The van der Waals surface area contributed by atoms with Crippen LogP contribution in [0.1, 0.15) is 5.56 Å². The highest BCUT2D eigenvalue weighted by Gasteiger charge is 2.15. The highest BCUT2D eigenvalue weighted by molar-refractivity contribution is 7.19. The van der Waals surface area contributed by atoms with Crippen molar-refractivity contribution in [2.45, 2.75) is 0 Å². The van der Waals surface area contributed by atoms with E-state index in [0.29, 0.717) is 5.56 Å². The van der Waals surface area contributed by atoms with Crippen molar-refractivity contribution in [1.82, 2.24) is 0 Å². The third kappa shape index (κ3) is 4.13. The number of nitriles is 3. The summed E-state index contributed by atoms with van der Waals surface area (Å²) in [6.07, 6.45) is 0. The predicted octanol–water partition coefficient (Wildman–Crippen LogP) is 7.21. The molecule has 0 radical (unpaired) electrons. The van der Waals surface area contributed by atoms with Crippen LogP contribution in [0, 0.1) is 34.0 Å². The second kappa shape index (κ2) is 9.45. The fourth-order valence-corrected chi connectivity index (χ4v) is 4.42. The summed E-state index contributed by atoms with van der Waals surface area (Å²) in [5.41, 5.74) is 3.62. The van der Waals surface area contributed by atoms with Crippen LogP contribution in [-0.2, 0) is 0 Å². The van der Waals surface area contributed by atoms with Crippen molar-refractivity contribution in [2.75, 3.05) is 4.90 Å². The van der Waals surface area contributed by atoms with E-state index in [4.69, 9.17) is 10.5 Å². The molecule has 0 spiro atoms. The summed E-state index contributed by atoms with van der Waals surface area (Å²) in [5.74, 6) is 0. The SMILES string of the molecule is N#CC(C#N)=C(C#N)c1ccc(-c2ccc(N(c3ccccc3)c3ccccc3)s2)cc1. The maximum absolute atomic E-state index is 9.37. The van der Waals surface area contributed by atoms with E-state index in [2.05, 4.69) is 41.3 Å². The third-order valence-electron chi connectivity index (χ3n) is 4.88. The summed E-state index contributed by atoms with van der Waals surface area (Å²) < 4.78 is 0. The Morgan fingerprint density at radius 2 is 1.19 bits per heavy atom. The number of rotatable bonds is 5. The highest BCUT2D eigenvalue weighted by Crippen LogP contribution is 2.41. The summed E-state index contributed by atoms with van der Waals surface area (Å²) in [6.45, 7) is 0. The Balaban J connectivity index is 1.70. The van der Waals surface area contributed by atoms with Crippen LogP contribution in [0.4, 0.5) is 16.4 Å². The van der Waals surface area contributed by atoms with E-state index in [1.807, 2.05) is 54.6 Å². The molecule has 0 aliphatic carbocycles. The lowest BCUT2D eigenvalue weighted by atomic mass is 10.0. The number of nitrogens with zero attached hydrogens (tertiary/aromatic N) is 4. The van der Waals surface area contributed by atoms with Gasteiger partial charge in [0.25, 0.3) is 0 Å². The van der Waals surface area contributed by atoms with Crippen LogP contribution in [0.2, 0.25) is 0 Å². The Morgan fingerprint density at radius 1 is 0.625 bits per heavy atom. The summed E-state index contributed by atoms with van der Waals surface area (Å²) in [7, 11) is 0. The average Bonchev–Trinajstić information content (AvgIpc) is 3.34. The molecule has 0 aliphatic rings. The highest BCUT2D eigenvalue weighted by atomic mass is 32.1. The largest absolute Gasteiger partial charge is 0.302 e. The lowest BCUT2D eigenvalue weighted by Gasteiger charge is -2.23. The van der Waals surface area contributed by atoms with E-state index in [9.17, 15) is 5.26 Å². The number of thiophene rings is 1. The van der Waals surface area contributed by atoms with Gasteiger partial charge >= 0.3 is 0 Å². The first-order valence-corrected chi connectivity index (χ1v) is 10.6. The number of para-hydroxylation sites is 2. The molecule has 0 unspecified atom stereocenters. The number of hydrogen-bond donors (Lipinski definition) is 0. The fourth-order valence-electron chi connectivity index (χ4n) is 3.36. The Hall–Kier alpha value is -4.63. The molecule has 0 bridgehead atoms. The Morgan fingerprint density at radius 3 is 1.69 bits per heavy atom. The van der Waals surface area contributed by atoms with E-state index in [1.165, 1.54) is 0 Å². The lowest BCUT2D eigenvalue weighted by molar-refractivity contribution is 1.32. The van der Waals surface area contributed by atoms with Gasteiger partial charge in [-0.2, -0.15) is 15.8 Å². The molecule has 150 valence electrons. The molecule has 32 heavy (non-hydrogen) atoms. The summed E-state index contributed by atoms with van der Waals surface area (Å²) in [5, 5.41) is 28.6. The van der Waals surface area contributed by atoms with Crippen LogP contribution in [0.3, 0.4) is 0 Å². The van der Waals surface area contributed by atoms with Crippen molar-refractivity contribution in [3.63, 3.8) is 0 Å². The van der Waals surface area contributed by atoms with Gasteiger partial charge in [-0.25, -0.2) is 0 Å². The van der Waals surface area contributed by atoms with Crippen molar-refractivity contribution in [3.05, 3.63) is 108 Å². The monoisotopic (exact) mass is 428 g/mol. The van der Waals surface area contributed by atoms with E-state index < -0.39 is 0 Å². The van der Waals surface area contributed by atoms with Crippen LogP contribution in [-0.4, -0.2) is 0 Å². The number of hydrogen-bond acceptors (Lipinski definition) is 5. The Labute approximate surface area is 190 Å². The van der Waals surface area contributed by atoms with Crippen LogP contribution in [0.25, 0.3) is 16.0 Å². The molecule has 4 aromatic rings. The van der Waals surface area contributed by atoms with E-state index >= 15 is 0 Å². The smallest absolute Gasteiger partial charge is 0.148 e. The second-order valence-electron chi connectivity index (χ2n) is 6.81. The van der Waals surface area contributed by atoms with Gasteiger partial charge in [-0.3, -0.25) is 0 Å². The van der Waals surface area contributed by atoms with Crippen molar-refractivity contribution in [3.8, 4) is 28.6 Å². The van der Waals surface area contributed by atoms with Gasteiger partial charge < -0.3 is 4.90 Å². The fraction of sp³-hybridized carbons (Fsp3) is 0. The summed E-state index contributed by atoms with van der Waals surface area (Å²) >= 11 is 1.66. The standard InChI is InChI=1S/C27H16N4S/c28-17-22(18-29)25(19-30)20-11-13-21(14-12-20)26-15-16-27(32-26)31(23-7-3-1-4-8-23)24-9-5-2-6-10-24/h1-16H. The molecular weight excluding hydrogens is 412 g/mol. The summed E-state index contributed by atoms with van der Waals surface area (Å²) in [4.78, 5) is 3.29. The lowest BCUT2D eigenvalue weighted by Crippen LogP contribution is -2.07. The topological polar surface area (TPSA) is 74.6 Å². The van der Waals surface area contributed by atoms with Crippen LogP contribution in [0.5, 0.6) is 0 Å². The first-order valence-electron chi connectivity index (χ1n) is 9.80. The molecule has 0 amide bonds. The minimum Gasteiger partial charge on any atom is -0.302 e. The van der Waals surface area contributed by atoms with E-state index in [0.717, 1.165) is 26.8 Å². The third-order valence-corrected chi connectivity index (χ3v) is 6.00. The second-order valence-corrected chi connectivity index (χ2v) is 7.87. The van der Waals surface area contributed by atoms with E-state index in [1.54, 1.807) is 35.6 Å². The summed E-state index contributed by atoms with van der Waals surface area (Å²) in [6, 6.07) is 37.5. The van der Waals surface area contributed by atoms with Crippen LogP contribution in [0.15, 0.2) is 103 Å². The maximum Gasteiger partial charge on any atom is 0.148 e. The molecule has 0 saturated heterocycles. The van der Waals surface area contributed by atoms with Crippen molar-refractivity contribution < 1.29 is 0 Å². The zero-order valence-electron chi connectivity index (χ0n) is 16.9. The van der Waals surface area contributed by atoms with Crippen LogP contribution < -0.4 is 4.90 Å². The van der Waals surface area contributed by atoms with E-state index in [-0.39, 0.29) is 11.1 Å². The van der Waals surface area contributed by atoms with Gasteiger partial charge in [0.2, 0.25) is 0 Å². The van der Waals surface area contributed by atoms with Crippen molar-refractivity contribution in [1.29, 1.82) is 15.8 Å². The molecule has 1 aromatic heterocycles. The minimum absolute atomic E-state index is 0.0905. The molecule has 3 aromatic carbocycles. The first-order chi connectivity index (χ1) is 15.7. The molecule has 0 N–H and O–H groups in total. The maximum atomic E-state index is 9.37. The molecule has 4 nitrogen and oxygen atoms in total. The Kier molecular flexibility index (Phi) is 6.10. The van der Waals surface area contributed by atoms with Gasteiger partial charge in [-0.15, -0.1) is 11.3 Å². The van der Waals surface area contributed by atoms with Gasteiger partial charge in [-0.1, -0.05) is 60.7 Å². The molecule has 0 saturated carbocycles. The van der Waals surface area contributed by atoms with Gasteiger partial charge in [0.1, 0.15) is 28.8 Å². The van der Waals surface area contributed by atoms with Crippen molar-refractivity contribution >= 4 is 33.3 Å². The van der Waals surface area contributed by atoms with Gasteiger partial charge in [-0.05, 0) is 47.5 Å². The number of benzene rings is 3. The van der Waals surface area contributed by atoms with Crippen molar-refractivity contribution in [2.24, 2.45) is 0 Å². The molecule has 1 heterocycles. The average molecular weight is 429 g/mol. The van der Waals surface area contributed by atoms with Crippen LogP contribution >= 0.6 is 11.3 Å². The Bertz CT molecular complexity index is 1330. The molecule has 0 aliphatic heterocycles. The molecule has 5 heteroatoms. The zero-order valence-corrected chi connectivity index (χ0v) is 17.8. The predicted molar refractivity (Wildman–Crippen MR) is 128 cm³/mol.